The zero-order chi connectivity index (χ0) is 9.14. The molecule has 1 nitrogen and oxygen atoms in total. The summed E-state index contributed by atoms with van der Waals surface area (Å²) in [5, 5.41) is 8.70. The van der Waals surface area contributed by atoms with Crippen LogP contribution in [-0.4, -0.2) is 0 Å². The number of hydrogen-bond acceptors (Lipinski definition) is 1. The van der Waals surface area contributed by atoms with Gasteiger partial charge >= 0.3 is 0 Å². The lowest BCUT2D eigenvalue weighted by molar-refractivity contribution is 0.608. The van der Waals surface area contributed by atoms with E-state index in [1.54, 1.807) is 12.1 Å². The molecule has 0 aliphatic carbocycles. The summed E-state index contributed by atoms with van der Waals surface area (Å²) in [6.07, 6.45) is 0.0154. The van der Waals surface area contributed by atoms with E-state index in [-0.39, 0.29) is 17.8 Å². The van der Waals surface area contributed by atoms with Crippen LogP contribution >= 0.6 is 34.2 Å². The molecule has 0 aliphatic rings. The first-order valence-electron chi connectivity index (χ1n) is 3.16. The van der Waals surface area contributed by atoms with Gasteiger partial charge in [-0.1, -0.05) is 11.6 Å². The Labute approximate surface area is 88.3 Å². The first kappa shape index (κ1) is 9.75. The first-order valence-corrected chi connectivity index (χ1v) is 4.62. The van der Waals surface area contributed by atoms with Gasteiger partial charge in [-0.15, -0.1) is 0 Å². The van der Waals surface area contributed by atoms with Gasteiger partial charge < -0.3 is 0 Å². The average molecular weight is 295 g/mol. The van der Waals surface area contributed by atoms with Crippen molar-refractivity contribution >= 4 is 34.2 Å². The molecule has 0 amide bonds. The predicted molar refractivity (Wildman–Crippen MR) is 53.4 cm³/mol. The second-order valence-corrected chi connectivity index (χ2v) is 3.73. The Balaban J connectivity index is 3.25. The maximum absolute atomic E-state index is 13.2. The molecule has 0 heterocycles. The summed E-state index contributed by atoms with van der Waals surface area (Å²) < 4.78 is 13.7. The topological polar surface area (TPSA) is 23.8 Å². The Kier molecular flexibility index (Phi) is 3.29. The molecule has 0 saturated heterocycles. The van der Waals surface area contributed by atoms with Crippen molar-refractivity contribution in [3.63, 3.8) is 0 Å². The van der Waals surface area contributed by atoms with Crippen LogP contribution in [0.25, 0.3) is 0 Å². The highest BCUT2D eigenvalue weighted by Crippen LogP contribution is 2.23. The lowest BCUT2D eigenvalue weighted by atomic mass is 10.1. The molecule has 1 rings (SSSR count). The molecule has 4 heteroatoms. The SMILES string of the molecule is N#CCc1c(Cl)ccc(I)c1F. The van der Waals surface area contributed by atoms with Crippen molar-refractivity contribution in [1.29, 1.82) is 5.26 Å². The van der Waals surface area contributed by atoms with Crippen LogP contribution in [0.1, 0.15) is 5.56 Å². The lowest BCUT2D eigenvalue weighted by Crippen LogP contribution is -1.93. The van der Waals surface area contributed by atoms with E-state index in [1.165, 1.54) is 0 Å². The van der Waals surface area contributed by atoms with Gasteiger partial charge in [0, 0.05) is 14.2 Å². The minimum absolute atomic E-state index is 0.0154. The van der Waals surface area contributed by atoms with Gasteiger partial charge in [0.15, 0.2) is 0 Å². The molecular weight excluding hydrogens is 291 g/mol. The molecule has 1 aromatic carbocycles. The Morgan fingerprint density at radius 3 is 2.83 bits per heavy atom. The molecule has 0 bridgehead atoms. The highest BCUT2D eigenvalue weighted by atomic mass is 127. The monoisotopic (exact) mass is 295 g/mol. The summed E-state index contributed by atoms with van der Waals surface area (Å²) in [7, 11) is 0. The molecule has 1 aromatic rings. The molecule has 0 N–H and O–H groups in total. The van der Waals surface area contributed by atoms with Crippen LogP contribution < -0.4 is 0 Å². The van der Waals surface area contributed by atoms with Crippen LogP contribution in [0.2, 0.25) is 5.02 Å². The first-order chi connectivity index (χ1) is 5.66. The Morgan fingerprint density at radius 1 is 1.58 bits per heavy atom. The summed E-state index contributed by atoms with van der Waals surface area (Å²) in [5.74, 6) is -0.385. The van der Waals surface area contributed by atoms with E-state index in [9.17, 15) is 4.39 Å². The van der Waals surface area contributed by atoms with Crippen LogP contribution in [0.5, 0.6) is 0 Å². The number of hydrogen-bond donors (Lipinski definition) is 0. The minimum Gasteiger partial charge on any atom is -0.205 e. The molecule has 0 atom stereocenters. The predicted octanol–water partition coefficient (Wildman–Crippen LogP) is 3.15. The van der Waals surface area contributed by atoms with E-state index in [2.05, 4.69) is 0 Å². The molecule has 0 aromatic heterocycles. The summed E-state index contributed by atoms with van der Waals surface area (Å²) >= 11 is 7.55. The number of benzene rings is 1. The van der Waals surface area contributed by atoms with E-state index >= 15 is 0 Å². The summed E-state index contributed by atoms with van der Waals surface area (Å²) in [6, 6.07) is 5.04. The van der Waals surface area contributed by atoms with Crippen LogP contribution in [0.3, 0.4) is 0 Å². The largest absolute Gasteiger partial charge is 0.205 e. The fourth-order valence-electron chi connectivity index (χ4n) is 0.810. The quantitative estimate of drug-likeness (QED) is 0.577. The van der Waals surface area contributed by atoms with Gasteiger partial charge in [0.2, 0.25) is 0 Å². The third-order valence-corrected chi connectivity index (χ3v) is 2.58. The molecule has 0 spiro atoms. The molecule has 0 unspecified atom stereocenters. The van der Waals surface area contributed by atoms with E-state index in [0.717, 1.165) is 0 Å². The van der Waals surface area contributed by atoms with Crippen LogP contribution in [0, 0.1) is 20.7 Å². The van der Waals surface area contributed by atoms with Gasteiger partial charge in [0.05, 0.1) is 12.5 Å². The van der Waals surface area contributed by atoms with Crippen molar-refractivity contribution in [2.75, 3.05) is 0 Å². The second kappa shape index (κ2) is 4.06. The molecule has 0 saturated carbocycles. The fraction of sp³-hybridized carbons (Fsp3) is 0.125. The van der Waals surface area contributed by atoms with Gasteiger partial charge in [-0.25, -0.2) is 4.39 Å². The van der Waals surface area contributed by atoms with Crippen molar-refractivity contribution in [3.8, 4) is 6.07 Å². The second-order valence-electron chi connectivity index (χ2n) is 2.16. The minimum atomic E-state index is -0.385. The van der Waals surface area contributed by atoms with Crippen molar-refractivity contribution in [2.24, 2.45) is 0 Å². The lowest BCUT2D eigenvalue weighted by Gasteiger charge is -2.02. The third-order valence-electron chi connectivity index (χ3n) is 1.39. The number of rotatable bonds is 1. The third kappa shape index (κ3) is 1.87. The Morgan fingerprint density at radius 2 is 2.25 bits per heavy atom. The molecule has 12 heavy (non-hydrogen) atoms. The maximum atomic E-state index is 13.2. The Bertz CT molecular complexity index is 346. The zero-order valence-electron chi connectivity index (χ0n) is 5.94. The standard InChI is InChI=1S/C8H4ClFIN/c9-6-1-2-7(11)8(10)5(6)3-4-12/h1-2H,3H2. The van der Waals surface area contributed by atoms with Crippen LogP contribution in [0.15, 0.2) is 12.1 Å². The summed E-state index contributed by atoms with van der Waals surface area (Å²) in [6.45, 7) is 0. The van der Waals surface area contributed by atoms with Gasteiger partial charge in [-0.3, -0.25) is 0 Å². The molecule has 0 fully saturated rings. The van der Waals surface area contributed by atoms with Crippen molar-refractivity contribution in [2.45, 2.75) is 6.42 Å². The van der Waals surface area contributed by atoms with E-state index < -0.39 is 0 Å². The van der Waals surface area contributed by atoms with Crippen molar-refractivity contribution in [1.82, 2.24) is 0 Å². The van der Waals surface area contributed by atoms with E-state index in [4.69, 9.17) is 16.9 Å². The summed E-state index contributed by atoms with van der Waals surface area (Å²) in [4.78, 5) is 0. The molecule has 0 radical (unpaired) electrons. The van der Waals surface area contributed by atoms with E-state index in [0.29, 0.717) is 8.59 Å². The number of halogens is 3. The van der Waals surface area contributed by atoms with Gasteiger partial charge in [-0.2, -0.15) is 5.26 Å². The normalized spacial score (nSPS) is 9.50. The van der Waals surface area contributed by atoms with E-state index in [1.807, 2.05) is 28.7 Å². The molecule has 0 aliphatic heterocycles. The number of nitriles is 1. The van der Waals surface area contributed by atoms with Crippen LogP contribution in [-0.2, 0) is 6.42 Å². The van der Waals surface area contributed by atoms with Crippen molar-refractivity contribution < 1.29 is 4.39 Å². The molecule has 62 valence electrons. The maximum Gasteiger partial charge on any atom is 0.142 e. The highest BCUT2D eigenvalue weighted by Gasteiger charge is 2.09. The highest BCUT2D eigenvalue weighted by molar-refractivity contribution is 14.1. The van der Waals surface area contributed by atoms with Gasteiger partial charge in [-0.05, 0) is 34.7 Å². The zero-order valence-corrected chi connectivity index (χ0v) is 8.86. The van der Waals surface area contributed by atoms with Gasteiger partial charge in [0.1, 0.15) is 5.82 Å². The smallest absolute Gasteiger partial charge is 0.142 e. The fourth-order valence-corrected chi connectivity index (χ4v) is 1.53. The average Bonchev–Trinajstić information content (AvgIpc) is 2.06. The van der Waals surface area contributed by atoms with Crippen molar-refractivity contribution in [3.05, 3.63) is 32.1 Å². The van der Waals surface area contributed by atoms with Crippen LogP contribution in [0.4, 0.5) is 4.39 Å². The number of nitrogens with zero attached hydrogens (tertiary/aromatic N) is 1. The van der Waals surface area contributed by atoms with Gasteiger partial charge in [0.25, 0.3) is 0 Å². The Hall–Kier alpha value is -0.340. The summed E-state index contributed by atoms with van der Waals surface area (Å²) in [5.41, 5.74) is 0.283. The molecular formula is C8H4ClFIN.